The molecule has 2 fully saturated rings. The number of nitrogens with one attached hydrogen (secondary N) is 1. The van der Waals surface area contributed by atoms with Crippen molar-refractivity contribution in [3.8, 4) is 0 Å². The maximum absolute atomic E-state index is 13.9. The summed E-state index contributed by atoms with van der Waals surface area (Å²) in [7, 11) is -3.93. The fraction of sp³-hybridized carbons (Fsp3) is 0.316. The minimum atomic E-state index is -3.93. The summed E-state index contributed by atoms with van der Waals surface area (Å²) in [6, 6.07) is 8.13. The van der Waals surface area contributed by atoms with E-state index in [2.05, 4.69) is 21.2 Å². The summed E-state index contributed by atoms with van der Waals surface area (Å²) in [5, 5.41) is 2.66. The molecule has 2 aliphatic rings. The molecule has 1 aliphatic heterocycles. The third-order valence-corrected chi connectivity index (χ3v) is 7.61. The van der Waals surface area contributed by atoms with Crippen molar-refractivity contribution >= 4 is 31.9 Å². The van der Waals surface area contributed by atoms with Crippen LogP contribution >= 0.6 is 15.9 Å². The van der Waals surface area contributed by atoms with Crippen LogP contribution in [0.5, 0.6) is 0 Å². The zero-order valence-corrected chi connectivity index (χ0v) is 17.0. The molecule has 0 bridgehead atoms. The molecule has 9 heteroatoms. The highest BCUT2D eigenvalue weighted by molar-refractivity contribution is 9.10. The van der Waals surface area contributed by atoms with E-state index in [0.29, 0.717) is 10.0 Å². The molecule has 2 aromatic carbocycles. The number of sulfonamides is 1. The highest BCUT2D eigenvalue weighted by atomic mass is 79.9. The number of fused-ring (bicyclic) bond motifs is 1. The summed E-state index contributed by atoms with van der Waals surface area (Å²) < 4.78 is 54.8. The second-order valence-electron chi connectivity index (χ2n) is 7.09. The lowest BCUT2D eigenvalue weighted by atomic mass is 10.1. The summed E-state index contributed by atoms with van der Waals surface area (Å²) in [4.78, 5) is 12.7. The fourth-order valence-electron chi connectivity index (χ4n) is 3.71. The minimum Gasteiger partial charge on any atom is -0.351 e. The number of amides is 1. The number of rotatable bonds is 5. The number of hydrogen-bond donors (Lipinski definition) is 1. The van der Waals surface area contributed by atoms with Crippen molar-refractivity contribution < 1.29 is 22.0 Å². The first-order chi connectivity index (χ1) is 13.3. The number of carbonyl (C=O) groups excluding carboxylic acids is 1. The lowest BCUT2D eigenvalue weighted by Crippen LogP contribution is -2.48. The first-order valence-corrected chi connectivity index (χ1v) is 11.0. The van der Waals surface area contributed by atoms with Gasteiger partial charge in [-0.1, -0.05) is 15.9 Å². The highest BCUT2D eigenvalue weighted by Gasteiger charge is 2.58. The average Bonchev–Trinajstić information content (AvgIpc) is 3.32. The number of piperidine rings is 1. The van der Waals surface area contributed by atoms with Crippen LogP contribution < -0.4 is 5.32 Å². The van der Waals surface area contributed by atoms with Gasteiger partial charge in [0.25, 0.3) is 0 Å². The first-order valence-electron chi connectivity index (χ1n) is 8.76. The second kappa shape index (κ2) is 7.20. The van der Waals surface area contributed by atoms with E-state index in [-0.39, 0.29) is 29.8 Å². The van der Waals surface area contributed by atoms with Gasteiger partial charge in [-0.2, -0.15) is 4.31 Å². The molecule has 4 rings (SSSR count). The van der Waals surface area contributed by atoms with Gasteiger partial charge < -0.3 is 5.32 Å². The van der Waals surface area contributed by atoms with Gasteiger partial charge in [-0.3, -0.25) is 4.79 Å². The van der Waals surface area contributed by atoms with Gasteiger partial charge in [0.1, 0.15) is 17.7 Å². The van der Waals surface area contributed by atoms with Crippen molar-refractivity contribution in [3.63, 3.8) is 0 Å². The second-order valence-corrected chi connectivity index (χ2v) is 9.89. The van der Waals surface area contributed by atoms with E-state index in [9.17, 15) is 22.0 Å². The van der Waals surface area contributed by atoms with Gasteiger partial charge in [0.2, 0.25) is 15.9 Å². The molecule has 28 heavy (non-hydrogen) atoms. The number of halogens is 3. The molecule has 1 amide bonds. The predicted molar refractivity (Wildman–Crippen MR) is 102 cm³/mol. The zero-order valence-electron chi connectivity index (χ0n) is 14.6. The third kappa shape index (κ3) is 3.58. The molecule has 2 aromatic rings. The molecule has 1 aliphatic carbocycles. The van der Waals surface area contributed by atoms with Crippen molar-refractivity contribution in [2.45, 2.75) is 23.9 Å². The van der Waals surface area contributed by atoms with Gasteiger partial charge in [-0.05, 0) is 60.7 Å². The van der Waals surface area contributed by atoms with Crippen LogP contribution in [-0.2, 0) is 21.4 Å². The number of hydrogen-bond acceptors (Lipinski definition) is 3. The van der Waals surface area contributed by atoms with Crippen molar-refractivity contribution in [1.82, 2.24) is 9.62 Å². The molecule has 0 radical (unpaired) electrons. The normalized spacial score (nSPS) is 24.0. The van der Waals surface area contributed by atoms with Crippen LogP contribution in [0.25, 0.3) is 0 Å². The molecule has 1 saturated carbocycles. The largest absolute Gasteiger partial charge is 0.351 e. The quantitative estimate of drug-likeness (QED) is 0.729. The lowest BCUT2D eigenvalue weighted by molar-refractivity contribution is -0.125. The van der Waals surface area contributed by atoms with E-state index in [1.165, 1.54) is 22.5 Å². The summed E-state index contributed by atoms with van der Waals surface area (Å²) in [5.74, 6) is -1.32. The molecule has 3 atom stereocenters. The molecule has 0 spiro atoms. The standard InChI is InChI=1S/C19H17BrF2N2O3S/c20-13-1-6-17(22)11(7-13)9-23-19(25)18-16-8-12(16)10-24(18)28(26,27)15-4-2-14(21)3-5-15/h1-7,12,16,18H,8-10H2,(H,23,25). The summed E-state index contributed by atoms with van der Waals surface area (Å²) in [5.41, 5.74) is 0.306. The smallest absolute Gasteiger partial charge is 0.243 e. The molecule has 3 unspecified atom stereocenters. The Morgan fingerprint density at radius 3 is 2.61 bits per heavy atom. The fourth-order valence-corrected chi connectivity index (χ4v) is 5.80. The number of nitrogens with zero attached hydrogens (tertiary/aromatic N) is 1. The van der Waals surface area contributed by atoms with Gasteiger partial charge in [-0.15, -0.1) is 0 Å². The van der Waals surface area contributed by atoms with E-state index in [1.807, 2.05) is 0 Å². The van der Waals surface area contributed by atoms with Crippen molar-refractivity contribution in [3.05, 3.63) is 64.1 Å². The Balaban J connectivity index is 1.53. The predicted octanol–water partition coefficient (Wildman–Crippen LogP) is 3.05. The van der Waals surface area contributed by atoms with Crippen LogP contribution in [0, 0.1) is 23.5 Å². The van der Waals surface area contributed by atoms with E-state index in [1.54, 1.807) is 12.1 Å². The number of carbonyl (C=O) groups is 1. The minimum absolute atomic E-state index is 0.0393. The van der Waals surface area contributed by atoms with Crippen LogP contribution in [0.3, 0.4) is 0 Å². The van der Waals surface area contributed by atoms with Gasteiger partial charge in [0.15, 0.2) is 0 Å². The van der Waals surface area contributed by atoms with E-state index in [0.717, 1.165) is 18.6 Å². The average molecular weight is 471 g/mol. The summed E-state index contributed by atoms with van der Waals surface area (Å²) in [6.45, 7) is 0.218. The maximum Gasteiger partial charge on any atom is 0.243 e. The Labute approximate surface area is 169 Å². The topological polar surface area (TPSA) is 66.5 Å². The molecule has 5 nitrogen and oxygen atoms in total. The molecule has 1 saturated heterocycles. The van der Waals surface area contributed by atoms with Crippen molar-refractivity contribution in [2.75, 3.05) is 6.54 Å². The molecular formula is C19H17BrF2N2O3S. The van der Waals surface area contributed by atoms with E-state index in [4.69, 9.17) is 0 Å². The Hall–Kier alpha value is -1.84. The van der Waals surface area contributed by atoms with E-state index >= 15 is 0 Å². The Kier molecular flexibility index (Phi) is 5.01. The van der Waals surface area contributed by atoms with Gasteiger partial charge in [0.05, 0.1) is 4.90 Å². The molecule has 1 N–H and O–H groups in total. The van der Waals surface area contributed by atoms with Crippen LogP contribution in [-0.4, -0.2) is 31.2 Å². The van der Waals surface area contributed by atoms with Crippen LogP contribution in [0.2, 0.25) is 0 Å². The molecular weight excluding hydrogens is 454 g/mol. The first kappa shape index (κ1) is 19.5. The van der Waals surface area contributed by atoms with E-state index < -0.39 is 33.6 Å². The molecule has 0 aromatic heterocycles. The summed E-state index contributed by atoms with van der Waals surface area (Å²) >= 11 is 3.26. The highest BCUT2D eigenvalue weighted by Crippen LogP contribution is 2.51. The maximum atomic E-state index is 13.9. The Bertz CT molecular complexity index is 1030. The van der Waals surface area contributed by atoms with Crippen LogP contribution in [0.1, 0.15) is 12.0 Å². The van der Waals surface area contributed by atoms with Crippen LogP contribution in [0.4, 0.5) is 8.78 Å². The van der Waals surface area contributed by atoms with Gasteiger partial charge >= 0.3 is 0 Å². The SMILES string of the molecule is O=C(NCc1cc(Br)ccc1F)C1C2CC2CN1S(=O)(=O)c1ccc(F)cc1. The monoisotopic (exact) mass is 470 g/mol. The Morgan fingerprint density at radius 2 is 1.89 bits per heavy atom. The van der Waals surface area contributed by atoms with Crippen LogP contribution in [0.15, 0.2) is 51.8 Å². The van der Waals surface area contributed by atoms with Gasteiger partial charge in [0, 0.05) is 23.1 Å². The third-order valence-electron chi connectivity index (χ3n) is 5.26. The molecule has 148 valence electrons. The van der Waals surface area contributed by atoms with Gasteiger partial charge in [-0.25, -0.2) is 17.2 Å². The summed E-state index contributed by atoms with van der Waals surface area (Å²) in [6.07, 6.45) is 0.790. The van der Waals surface area contributed by atoms with Crippen molar-refractivity contribution in [2.24, 2.45) is 11.8 Å². The Morgan fingerprint density at radius 1 is 1.18 bits per heavy atom. The molecule has 1 heterocycles. The number of benzene rings is 2. The van der Waals surface area contributed by atoms with Crippen molar-refractivity contribution in [1.29, 1.82) is 0 Å². The lowest BCUT2D eigenvalue weighted by Gasteiger charge is -2.26. The zero-order chi connectivity index (χ0) is 20.1.